The summed E-state index contributed by atoms with van der Waals surface area (Å²) in [6.45, 7) is 9.07. The van der Waals surface area contributed by atoms with Gasteiger partial charge in [0.25, 0.3) is 0 Å². The molecular weight excluding hydrogens is 182 g/mol. The topological polar surface area (TPSA) is 12.0 Å². The van der Waals surface area contributed by atoms with Crippen molar-refractivity contribution in [1.29, 1.82) is 0 Å². The largest absolute Gasteiger partial charge is 0.312 e. The molecule has 1 unspecified atom stereocenters. The molecular formula is C14H31N. The molecule has 0 aromatic rings. The first-order chi connectivity index (χ1) is 7.20. The second-order valence-corrected chi connectivity index (χ2v) is 5.01. The number of rotatable bonds is 10. The summed E-state index contributed by atoms with van der Waals surface area (Å²) in [5.74, 6) is 0. The summed E-state index contributed by atoms with van der Waals surface area (Å²) in [7, 11) is 0. The summed E-state index contributed by atoms with van der Waals surface area (Å²) in [6.07, 6.45) is 11.0. The number of hydrogen-bond acceptors (Lipinski definition) is 1. The van der Waals surface area contributed by atoms with Crippen LogP contribution in [-0.4, -0.2) is 12.1 Å². The highest BCUT2D eigenvalue weighted by Gasteiger charge is 2.08. The predicted molar refractivity (Wildman–Crippen MR) is 70.3 cm³/mol. The van der Waals surface area contributed by atoms with Gasteiger partial charge in [-0.3, -0.25) is 0 Å². The van der Waals surface area contributed by atoms with Crippen LogP contribution in [0, 0.1) is 0 Å². The molecule has 15 heavy (non-hydrogen) atoms. The minimum absolute atomic E-state index is 0.637. The Bertz CT molecular complexity index is 121. The van der Waals surface area contributed by atoms with Gasteiger partial charge in [0.05, 0.1) is 0 Å². The summed E-state index contributed by atoms with van der Waals surface area (Å²) in [5.41, 5.74) is 0. The van der Waals surface area contributed by atoms with Crippen LogP contribution in [-0.2, 0) is 0 Å². The highest BCUT2D eigenvalue weighted by atomic mass is 14.9. The maximum Gasteiger partial charge on any atom is 0.00694 e. The van der Waals surface area contributed by atoms with Crippen molar-refractivity contribution in [3.05, 3.63) is 0 Å². The quantitative estimate of drug-likeness (QED) is 0.526. The number of hydrogen-bond donors (Lipinski definition) is 1. The fourth-order valence-electron chi connectivity index (χ4n) is 2.05. The van der Waals surface area contributed by atoms with E-state index >= 15 is 0 Å². The van der Waals surface area contributed by atoms with Crippen LogP contribution in [0.15, 0.2) is 0 Å². The van der Waals surface area contributed by atoms with E-state index in [1.165, 1.54) is 51.4 Å². The number of unbranched alkanes of at least 4 members (excludes halogenated alkanes) is 4. The maximum absolute atomic E-state index is 3.69. The Kier molecular flexibility index (Phi) is 10.4. The van der Waals surface area contributed by atoms with Gasteiger partial charge in [-0.05, 0) is 12.8 Å². The average Bonchev–Trinajstić information content (AvgIpc) is 2.19. The zero-order chi connectivity index (χ0) is 11.5. The van der Waals surface area contributed by atoms with E-state index in [0.29, 0.717) is 6.04 Å². The molecule has 0 heterocycles. The Balaban J connectivity index is 3.59. The van der Waals surface area contributed by atoms with Gasteiger partial charge in [-0.25, -0.2) is 0 Å². The van der Waals surface area contributed by atoms with Gasteiger partial charge in [0.15, 0.2) is 0 Å². The first kappa shape index (κ1) is 15.0. The summed E-state index contributed by atoms with van der Waals surface area (Å²) >= 11 is 0. The molecule has 0 saturated carbocycles. The molecule has 0 saturated heterocycles. The lowest BCUT2D eigenvalue weighted by molar-refractivity contribution is 0.392. The monoisotopic (exact) mass is 213 g/mol. The maximum atomic E-state index is 3.69. The van der Waals surface area contributed by atoms with Crippen LogP contribution in [0.3, 0.4) is 0 Å². The molecule has 1 heteroatoms. The molecule has 0 fully saturated rings. The van der Waals surface area contributed by atoms with E-state index in [0.717, 1.165) is 6.04 Å². The minimum atomic E-state index is 0.637. The Morgan fingerprint density at radius 2 is 1.40 bits per heavy atom. The van der Waals surface area contributed by atoms with E-state index in [1.807, 2.05) is 0 Å². The van der Waals surface area contributed by atoms with Crippen molar-refractivity contribution in [2.75, 3.05) is 0 Å². The van der Waals surface area contributed by atoms with Gasteiger partial charge < -0.3 is 5.32 Å². The zero-order valence-corrected chi connectivity index (χ0v) is 11.3. The Hall–Kier alpha value is -0.0400. The Morgan fingerprint density at radius 1 is 0.800 bits per heavy atom. The summed E-state index contributed by atoms with van der Waals surface area (Å²) in [6, 6.07) is 1.40. The second-order valence-electron chi connectivity index (χ2n) is 5.01. The van der Waals surface area contributed by atoms with Crippen molar-refractivity contribution in [2.24, 2.45) is 0 Å². The molecule has 0 amide bonds. The van der Waals surface area contributed by atoms with E-state index in [4.69, 9.17) is 0 Å². The fraction of sp³-hybridized carbons (Fsp3) is 1.00. The first-order valence-corrected chi connectivity index (χ1v) is 6.96. The third kappa shape index (κ3) is 10.2. The Labute approximate surface area is 97.0 Å². The lowest BCUT2D eigenvalue weighted by Gasteiger charge is -2.21. The van der Waals surface area contributed by atoms with Crippen molar-refractivity contribution in [2.45, 2.75) is 91.1 Å². The van der Waals surface area contributed by atoms with Gasteiger partial charge in [0, 0.05) is 12.1 Å². The summed E-state index contributed by atoms with van der Waals surface area (Å²) < 4.78 is 0. The molecule has 0 aliphatic heterocycles. The highest BCUT2D eigenvalue weighted by molar-refractivity contribution is 4.69. The molecule has 0 spiro atoms. The standard InChI is InChI=1S/C14H31N/c1-5-7-9-10-12-14(11-8-6-2)15-13(3)4/h13-15H,5-12H2,1-4H3. The van der Waals surface area contributed by atoms with Crippen LogP contribution < -0.4 is 5.32 Å². The van der Waals surface area contributed by atoms with Crippen LogP contribution in [0.4, 0.5) is 0 Å². The van der Waals surface area contributed by atoms with E-state index < -0.39 is 0 Å². The SMILES string of the molecule is CCCCCCC(CCCC)NC(C)C. The summed E-state index contributed by atoms with van der Waals surface area (Å²) in [4.78, 5) is 0. The van der Waals surface area contributed by atoms with E-state index in [2.05, 4.69) is 33.0 Å². The molecule has 0 radical (unpaired) electrons. The van der Waals surface area contributed by atoms with E-state index in [1.54, 1.807) is 0 Å². The molecule has 0 rings (SSSR count). The van der Waals surface area contributed by atoms with Crippen LogP contribution in [0.5, 0.6) is 0 Å². The number of nitrogens with one attached hydrogen (secondary N) is 1. The van der Waals surface area contributed by atoms with Gasteiger partial charge in [0.2, 0.25) is 0 Å². The third-order valence-corrected chi connectivity index (χ3v) is 2.88. The lowest BCUT2D eigenvalue weighted by Crippen LogP contribution is -2.34. The van der Waals surface area contributed by atoms with Gasteiger partial charge in [-0.2, -0.15) is 0 Å². The molecule has 1 atom stereocenters. The van der Waals surface area contributed by atoms with Crippen molar-refractivity contribution in [1.82, 2.24) is 5.32 Å². The van der Waals surface area contributed by atoms with E-state index in [-0.39, 0.29) is 0 Å². The van der Waals surface area contributed by atoms with Crippen LogP contribution in [0.2, 0.25) is 0 Å². The minimum Gasteiger partial charge on any atom is -0.312 e. The van der Waals surface area contributed by atoms with Crippen molar-refractivity contribution in [3.63, 3.8) is 0 Å². The van der Waals surface area contributed by atoms with Gasteiger partial charge in [-0.1, -0.05) is 66.2 Å². The second kappa shape index (κ2) is 10.5. The zero-order valence-electron chi connectivity index (χ0n) is 11.3. The average molecular weight is 213 g/mol. The first-order valence-electron chi connectivity index (χ1n) is 6.96. The van der Waals surface area contributed by atoms with Crippen molar-refractivity contribution >= 4 is 0 Å². The van der Waals surface area contributed by atoms with Crippen molar-refractivity contribution < 1.29 is 0 Å². The summed E-state index contributed by atoms with van der Waals surface area (Å²) in [5, 5.41) is 3.69. The highest BCUT2D eigenvalue weighted by Crippen LogP contribution is 2.11. The van der Waals surface area contributed by atoms with Crippen LogP contribution in [0.1, 0.15) is 79.1 Å². The molecule has 1 N–H and O–H groups in total. The normalized spacial score (nSPS) is 13.4. The van der Waals surface area contributed by atoms with E-state index in [9.17, 15) is 0 Å². The smallest absolute Gasteiger partial charge is 0.00694 e. The lowest BCUT2D eigenvalue weighted by atomic mass is 10.0. The molecule has 0 bridgehead atoms. The molecule has 0 aromatic heterocycles. The van der Waals surface area contributed by atoms with Crippen LogP contribution in [0.25, 0.3) is 0 Å². The molecule has 0 aliphatic rings. The predicted octanol–water partition coefficient (Wildman–Crippen LogP) is 4.51. The molecule has 92 valence electrons. The van der Waals surface area contributed by atoms with Gasteiger partial charge in [0.1, 0.15) is 0 Å². The molecule has 1 nitrogen and oxygen atoms in total. The van der Waals surface area contributed by atoms with Crippen LogP contribution >= 0.6 is 0 Å². The Morgan fingerprint density at radius 3 is 1.93 bits per heavy atom. The van der Waals surface area contributed by atoms with Crippen molar-refractivity contribution in [3.8, 4) is 0 Å². The third-order valence-electron chi connectivity index (χ3n) is 2.88. The molecule has 0 aliphatic carbocycles. The fourth-order valence-corrected chi connectivity index (χ4v) is 2.05. The van der Waals surface area contributed by atoms with Gasteiger partial charge >= 0.3 is 0 Å². The molecule has 0 aromatic carbocycles. The van der Waals surface area contributed by atoms with Gasteiger partial charge in [-0.15, -0.1) is 0 Å².